The molecule has 15 nitrogen and oxygen atoms in total. The number of aliphatic carboxylic acids is 1. The second-order valence-electron chi connectivity index (χ2n) is 21.6. The molecule has 0 aliphatic rings. The number of carbonyl (C=O) groups excluding carboxylic acids is 6. The molecule has 0 unspecified atom stereocenters. The normalized spacial score (nSPS) is 14.7. The highest BCUT2D eigenvalue weighted by Crippen LogP contribution is 2.32. The molecule has 0 aliphatic heterocycles. The lowest BCUT2D eigenvalue weighted by molar-refractivity contribution is -0.169. The highest BCUT2D eigenvalue weighted by molar-refractivity contribution is 5.97. The Labute approximate surface area is 434 Å². The summed E-state index contributed by atoms with van der Waals surface area (Å²) < 4.78 is 47.5. The number of nitrogens with two attached hydrogens (primary N) is 1. The number of amides is 3. The number of likely N-dealkylation sites (N-methyl/N-ethyl adjacent to an activating group) is 3. The number of carboxylic acid groups (broad SMARTS) is 1. The van der Waals surface area contributed by atoms with E-state index >= 15 is 9.59 Å². The van der Waals surface area contributed by atoms with Crippen LogP contribution in [0.15, 0.2) is 54.7 Å². The molecule has 0 radical (unpaired) electrons. The second kappa shape index (κ2) is 28.0. The Morgan fingerprint density at radius 3 is 1.70 bits per heavy atom. The Balaban J connectivity index is 2.15. The zero-order valence-corrected chi connectivity index (χ0v) is 45.3. The zero-order valence-electron chi connectivity index (χ0n) is 45.3. The first-order chi connectivity index (χ1) is 34.5. The average molecular weight is 1040 g/mol. The first-order valence-corrected chi connectivity index (χ1v) is 25.6. The van der Waals surface area contributed by atoms with Gasteiger partial charge in [-0.2, -0.15) is 18.4 Å². The van der Waals surface area contributed by atoms with Gasteiger partial charge in [-0.25, -0.2) is 9.59 Å². The molecule has 0 spiro atoms. The SMILES string of the molecule is CC(C)C[C@H](CC(=O)[C@H](Cc1cn(Cc2ccc(C(F)(F)F)cc2)c2ccccc12)N(C)C(=O)[C@@H](CC(=O)[C@H](CC(C)C)N(C)C(=O)[C@@H](N)CC(C)C)CC(C)C)C(=O)N(C)[C@@H](C)C(=O)O[C@H](CCC#N)C(=O)O. The second-order valence-corrected chi connectivity index (χ2v) is 21.6. The lowest BCUT2D eigenvalue weighted by atomic mass is 9.85. The first kappa shape index (κ1) is 62.2. The summed E-state index contributed by atoms with van der Waals surface area (Å²) in [4.78, 5) is 102. The standard InChI is InChI=1S/C56H79F3N6O9/c1-33(2)24-39(51(68)62(10)37(9)55(73)74-50(54(71)72)18-15-23-60)29-49(67)47(28-41-32-65(45-17-14-13-16-43(41)45)31-38-19-21-42(22-20-38)56(57,58)59)63(11)52(69)40(25-34(3)4)30-48(66)46(27-36(7)8)64(12)53(70)44(61)26-35(5)6/h13-14,16-17,19-22,32-37,39-40,44,46-47,50H,15,18,24-31,61H2,1-12H3,(H,71,72)/t37-,39+,40+,44-,46-,47-,50+/m0/s1. The Hall–Kier alpha value is -6.09. The van der Waals surface area contributed by atoms with Crippen molar-refractivity contribution in [3.63, 3.8) is 0 Å². The molecular formula is C56H79F3N6O9. The number of rotatable bonds is 29. The minimum atomic E-state index is -4.52. The molecule has 3 N–H and O–H groups in total. The van der Waals surface area contributed by atoms with E-state index in [9.17, 15) is 42.3 Å². The molecular weight excluding hydrogens is 958 g/mol. The Kier molecular flexibility index (Phi) is 23.5. The van der Waals surface area contributed by atoms with Gasteiger partial charge in [0.05, 0.1) is 29.8 Å². The molecule has 2 aromatic carbocycles. The van der Waals surface area contributed by atoms with E-state index in [1.54, 1.807) is 25.4 Å². The number of carbonyl (C=O) groups is 7. The van der Waals surface area contributed by atoms with E-state index in [1.807, 2.05) is 78.2 Å². The maximum absolute atomic E-state index is 15.2. The van der Waals surface area contributed by atoms with Crippen LogP contribution in [-0.2, 0) is 57.4 Å². The number of ether oxygens (including phenoxy) is 1. The molecule has 3 amide bonds. The van der Waals surface area contributed by atoms with Crippen LogP contribution in [0.2, 0.25) is 0 Å². The molecule has 7 atom stereocenters. The number of aromatic nitrogens is 1. The van der Waals surface area contributed by atoms with Crippen molar-refractivity contribution in [2.75, 3.05) is 21.1 Å². The van der Waals surface area contributed by atoms with Gasteiger partial charge in [0.1, 0.15) is 6.04 Å². The molecule has 1 heterocycles. The van der Waals surface area contributed by atoms with Crippen LogP contribution in [0.5, 0.6) is 0 Å². The topological polar surface area (TPSA) is 213 Å². The third-order valence-electron chi connectivity index (χ3n) is 13.5. The molecule has 0 saturated carbocycles. The van der Waals surface area contributed by atoms with Crippen molar-refractivity contribution < 1.29 is 56.6 Å². The Morgan fingerprint density at radius 2 is 1.20 bits per heavy atom. The number of nitriles is 1. The van der Waals surface area contributed by atoms with Crippen molar-refractivity contribution >= 4 is 52.1 Å². The zero-order chi connectivity index (χ0) is 55.9. The van der Waals surface area contributed by atoms with E-state index < -0.39 is 83.4 Å². The van der Waals surface area contributed by atoms with Crippen LogP contribution in [0, 0.1) is 46.8 Å². The van der Waals surface area contributed by atoms with Crippen molar-refractivity contribution in [2.24, 2.45) is 41.2 Å². The van der Waals surface area contributed by atoms with Crippen LogP contribution in [0.25, 0.3) is 10.9 Å². The number of Topliss-reactive ketones (excluding diaryl/α,β-unsaturated/α-hetero) is 2. The summed E-state index contributed by atoms with van der Waals surface area (Å²) in [5.74, 6) is -6.84. The highest BCUT2D eigenvalue weighted by Gasteiger charge is 2.40. The molecule has 0 fully saturated rings. The molecule has 3 aromatic rings. The van der Waals surface area contributed by atoms with Crippen molar-refractivity contribution in [2.45, 2.75) is 163 Å². The van der Waals surface area contributed by atoms with Gasteiger partial charge in [-0.3, -0.25) is 24.0 Å². The quantitative estimate of drug-likeness (QED) is 0.0628. The summed E-state index contributed by atoms with van der Waals surface area (Å²) in [5, 5.41) is 19.3. The van der Waals surface area contributed by atoms with E-state index in [0.717, 1.165) is 17.0 Å². The molecule has 3 rings (SSSR count). The fraction of sp³-hybridized carbons (Fsp3) is 0.607. The summed E-state index contributed by atoms with van der Waals surface area (Å²) >= 11 is 0. The molecule has 408 valence electrons. The van der Waals surface area contributed by atoms with Gasteiger partial charge < -0.3 is 34.8 Å². The fourth-order valence-corrected chi connectivity index (χ4v) is 9.45. The van der Waals surface area contributed by atoms with Crippen molar-refractivity contribution in [1.29, 1.82) is 5.26 Å². The van der Waals surface area contributed by atoms with Gasteiger partial charge in [-0.15, -0.1) is 0 Å². The number of hydrogen-bond acceptors (Lipinski definition) is 10. The first-order valence-electron chi connectivity index (χ1n) is 25.6. The maximum Gasteiger partial charge on any atom is 0.416 e. The number of alkyl halides is 3. The van der Waals surface area contributed by atoms with E-state index in [2.05, 4.69) is 0 Å². The number of para-hydroxylation sites is 1. The monoisotopic (exact) mass is 1040 g/mol. The lowest BCUT2D eigenvalue weighted by Gasteiger charge is -2.34. The maximum atomic E-state index is 15.2. The number of hydrogen-bond donors (Lipinski definition) is 2. The van der Waals surface area contributed by atoms with Gasteiger partial charge in [-0.05, 0) is 85.6 Å². The number of benzene rings is 2. The predicted molar refractivity (Wildman–Crippen MR) is 276 cm³/mol. The van der Waals surface area contributed by atoms with Crippen LogP contribution in [0.3, 0.4) is 0 Å². The average Bonchev–Trinajstić information content (AvgIpc) is 3.66. The van der Waals surface area contributed by atoms with E-state index in [4.69, 9.17) is 15.7 Å². The van der Waals surface area contributed by atoms with E-state index in [0.29, 0.717) is 34.9 Å². The number of halogens is 3. The van der Waals surface area contributed by atoms with Crippen LogP contribution in [-0.4, -0.2) is 117 Å². The van der Waals surface area contributed by atoms with Gasteiger partial charge >= 0.3 is 18.1 Å². The fourth-order valence-electron chi connectivity index (χ4n) is 9.45. The summed E-state index contributed by atoms with van der Waals surface area (Å²) in [7, 11) is 4.39. The number of ketones is 2. The largest absolute Gasteiger partial charge is 0.479 e. The summed E-state index contributed by atoms with van der Waals surface area (Å²) in [6.07, 6.45) is -4.32. The Bertz CT molecular complexity index is 2440. The number of esters is 1. The third kappa shape index (κ3) is 17.8. The molecule has 18 heteroatoms. The van der Waals surface area contributed by atoms with Gasteiger partial charge in [0, 0.05) is 88.7 Å². The van der Waals surface area contributed by atoms with Crippen molar-refractivity contribution in [1.82, 2.24) is 19.3 Å². The Morgan fingerprint density at radius 1 is 0.703 bits per heavy atom. The summed E-state index contributed by atoms with van der Waals surface area (Å²) in [6.45, 7) is 16.8. The van der Waals surface area contributed by atoms with Crippen molar-refractivity contribution in [3.05, 3.63) is 71.4 Å². The van der Waals surface area contributed by atoms with E-state index in [-0.39, 0.29) is 86.9 Å². The van der Waals surface area contributed by atoms with Crippen molar-refractivity contribution in [3.8, 4) is 6.07 Å². The number of nitrogens with zero attached hydrogens (tertiary/aromatic N) is 5. The van der Waals surface area contributed by atoms with Crippen LogP contribution >= 0.6 is 0 Å². The summed E-state index contributed by atoms with van der Waals surface area (Å²) in [6, 6.07) is 9.70. The minimum Gasteiger partial charge on any atom is -0.479 e. The third-order valence-corrected chi connectivity index (χ3v) is 13.5. The molecule has 0 saturated heterocycles. The molecule has 1 aromatic heterocycles. The lowest BCUT2D eigenvalue weighted by Crippen LogP contribution is -2.51. The number of fused-ring (bicyclic) bond motifs is 1. The molecule has 0 aliphatic carbocycles. The highest BCUT2D eigenvalue weighted by atomic mass is 19.4. The predicted octanol–water partition coefficient (Wildman–Crippen LogP) is 8.71. The number of carboxylic acids is 1. The van der Waals surface area contributed by atoms with Gasteiger partial charge in [0.2, 0.25) is 17.7 Å². The molecule has 0 bridgehead atoms. The summed E-state index contributed by atoms with van der Waals surface area (Å²) in [5.41, 5.74) is 7.44. The minimum absolute atomic E-state index is 0.00363. The van der Waals surface area contributed by atoms with Crippen LogP contribution in [0.1, 0.15) is 130 Å². The van der Waals surface area contributed by atoms with E-state index in [1.165, 1.54) is 43.0 Å². The molecule has 74 heavy (non-hydrogen) atoms. The van der Waals surface area contributed by atoms with Gasteiger partial charge in [0.25, 0.3) is 0 Å². The van der Waals surface area contributed by atoms with Crippen LogP contribution < -0.4 is 5.73 Å². The smallest absolute Gasteiger partial charge is 0.416 e. The van der Waals surface area contributed by atoms with Gasteiger partial charge in [0.15, 0.2) is 17.7 Å². The van der Waals surface area contributed by atoms with Crippen LogP contribution in [0.4, 0.5) is 13.2 Å². The van der Waals surface area contributed by atoms with Gasteiger partial charge in [-0.1, -0.05) is 85.7 Å².